The number of Topliss-reactive ketones (excluding diaryl/α,β-unsaturated/α-hetero) is 1. The largest absolute Gasteiger partial charge is 0.480 e. The van der Waals surface area contributed by atoms with Crippen LogP contribution in [0.1, 0.15) is 79.8 Å². The number of hydrogen-bond acceptors (Lipinski definition) is 29. The van der Waals surface area contributed by atoms with Crippen molar-refractivity contribution >= 4 is 51.8 Å². The number of H-pyrrole nitrogens is 4. The smallest absolute Gasteiger partial charge is 0.321 e. The van der Waals surface area contributed by atoms with Gasteiger partial charge in [-0.25, -0.2) is 59.2 Å². The lowest BCUT2D eigenvalue weighted by Gasteiger charge is -2.36. The number of likely N-dealkylation sites (N-methyl/N-ethyl adjacent to an activating group) is 1. The van der Waals surface area contributed by atoms with Crippen LogP contribution in [0.5, 0.6) is 0 Å². The summed E-state index contributed by atoms with van der Waals surface area (Å²) in [6, 6.07) is 51.4. The van der Waals surface area contributed by atoms with Crippen molar-refractivity contribution in [1.29, 1.82) is 0 Å². The number of nitrogens with one attached hydrogen (secondary N) is 7. The number of hydrogen-bond donors (Lipinski definition) is 13. The number of aliphatic hydroxyl groups is 1. The van der Waals surface area contributed by atoms with Crippen LogP contribution >= 0.6 is 0 Å². The molecule has 3 aliphatic rings. The van der Waals surface area contributed by atoms with Crippen LogP contribution in [0, 0.1) is 0 Å². The van der Waals surface area contributed by atoms with Crippen molar-refractivity contribution in [3.8, 4) is 90.1 Å². The molecule has 0 radical (unpaired) electrons. The number of nitrogens with two attached hydrogens (primary N) is 4. The van der Waals surface area contributed by atoms with Gasteiger partial charge in [-0.1, -0.05) is 146 Å². The molecule has 2 aliphatic heterocycles. The third-order valence-corrected chi connectivity index (χ3v) is 25.3. The van der Waals surface area contributed by atoms with Crippen molar-refractivity contribution in [2.24, 2.45) is 27.6 Å². The van der Waals surface area contributed by atoms with Crippen molar-refractivity contribution in [3.05, 3.63) is 210 Å². The zero-order valence-electron chi connectivity index (χ0n) is 67.1. The molecule has 1 saturated carbocycles. The predicted molar refractivity (Wildman–Crippen MR) is 453 cm³/mol. The number of tetrazole rings is 4. The number of carboxylic acids is 1. The summed E-state index contributed by atoms with van der Waals surface area (Å²) >= 11 is 0. The third kappa shape index (κ3) is 22.2. The third-order valence-electron chi connectivity index (χ3n) is 21.5. The first kappa shape index (κ1) is 88.6. The highest BCUT2D eigenvalue weighted by Crippen LogP contribution is 2.41. The number of aliphatic hydroxyl groups excluding tert-OH is 1. The van der Waals surface area contributed by atoms with E-state index in [4.69, 9.17) is 20.6 Å². The van der Waals surface area contributed by atoms with E-state index in [9.17, 15) is 53.5 Å². The maximum Gasteiger partial charge on any atom is 0.321 e. The van der Waals surface area contributed by atoms with E-state index in [0.29, 0.717) is 95.2 Å². The highest BCUT2D eigenvalue weighted by Gasteiger charge is 2.38. The first-order chi connectivity index (χ1) is 58.8. The van der Waals surface area contributed by atoms with Gasteiger partial charge in [-0.3, -0.25) is 19.8 Å². The summed E-state index contributed by atoms with van der Waals surface area (Å²) in [7, 11) is -10.0. The van der Waals surface area contributed by atoms with E-state index in [0.717, 1.165) is 64.9 Å². The quantitative estimate of drug-likeness (QED) is 0.0307. The van der Waals surface area contributed by atoms with Crippen LogP contribution in [0.25, 0.3) is 90.1 Å². The average Bonchev–Trinajstić information content (AvgIpc) is 1.78. The van der Waals surface area contributed by atoms with Crippen LogP contribution in [-0.2, 0) is 89.3 Å². The zero-order valence-corrected chi connectivity index (χ0v) is 70.3. The molecule has 1 unspecified atom stereocenters. The molecule has 2 bridgehead atoms. The minimum absolute atomic E-state index is 0.0287. The number of sulfonamides is 4. The second kappa shape index (κ2) is 38.9. The van der Waals surface area contributed by atoms with Crippen molar-refractivity contribution in [2.45, 2.75) is 140 Å². The number of aryl methyl sites for hydroxylation is 1. The predicted octanol–water partition coefficient (Wildman–Crippen LogP) is 4.98. The van der Waals surface area contributed by atoms with Gasteiger partial charge in [0.2, 0.25) is 63.4 Å². The van der Waals surface area contributed by atoms with Crippen molar-refractivity contribution in [3.63, 3.8) is 0 Å². The maximum atomic E-state index is 12.2. The summed E-state index contributed by atoms with van der Waals surface area (Å²) in [4.78, 5) is 31.1. The summed E-state index contributed by atoms with van der Waals surface area (Å²) in [6.07, 6.45) is 11.2. The Hall–Kier alpha value is -12.2. The topological polar surface area (TPSA) is 593 Å². The second-order valence-electron chi connectivity index (χ2n) is 30.1. The Balaban J connectivity index is 0.000000142. The number of fused-ring (bicyclic) bond motifs is 2. The standard InChI is InChI=1S/C22H27N7O2S.C21H22N8O4S.C19H22N6O3S.C18H20N6O3S/c1-29-17-9-10-18(29)12-16(11-17)24-13-14-5-7-15(8-6-14)19-3-2-4-20(32(23,30)31)21(19)22-25-27-28-26-22;1-29-12-23-11-15(29)9-17(21(30)31)24-10-13-5-7-14(8-6-13)16-3-2-4-18(34(22,32)33)19(16)20-25-27-28-26-20;20-29(27,28)17-6-1-3-14(18(17)19-22-24-25-23-19)13-9-7-12(8-10-13)11-21-15-4-2-5-16(15)26;1-12(25)10-24(2)11-13-6-8-14(9-7-13)15-4-3-5-16(28(19,26)27)17(15)18-20-22-23-21-18/h2-8,16-18,24H,9-13H2,1H3,(H2,23,30,31)(H,25,26,27,28);2-8,11-12,17,24H,9-10H2,1H3,(H,30,31)(H2,22,32,33)(H,25,26,27,28);1,3,6-10,15-16,21,26H,2,4-5,11H2,(H2,20,27,28)(H,22,23,24,25);3-9H,10-11H2,1-2H3,(H2,19,26,27)(H,20,21,22,23)/t16?,17-,18+;17-;15-,16-;/m.10./s1. The van der Waals surface area contributed by atoms with Gasteiger partial charge in [0, 0.05) is 75.7 Å². The highest BCUT2D eigenvalue weighted by atomic mass is 32.2. The molecular formula is C80H91N27O12S4. The molecule has 5 aromatic heterocycles. The van der Waals surface area contributed by atoms with Gasteiger partial charge < -0.3 is 30.3 Å². The Labute approximate surface area is 707 Å². The lowest BCUT2D eigenvalue weighted by atomic mass is 9.97. The molecule has 642 valence electrons. The highest BCUT2D eigenvalue weighted by molar-refractivity contribution is 7.90. The minimum atomic E-state index is -4.04. The molecule has 17 N–H and O–H groups in total. The number of ketones is 1. The lowest BCUT2D eigenvalue weighted by Crippen LogP contribution is -2.46. The number of aliphatic carboxylic acids is 1. The van der Waals surface area contributed by atoms with Crippen LogP contribution in [0.4, 0.5) is 0 Å². The number of primary sulfonamides is 4. The molecule has 2 saturated heterocycles. The number of benzene rings is 8. The van der Waals surface area contributed by atoms with E-state index in [2.05, 4.69) is 128 Å². The summed E-state index contributed by atoms with van der Waals surface area (Å²) in [5.74, 6) is -0.265. The molecule has 123 heavy (non-hydrogen) atoms. The summed E-state index contributed by atoms with van der Waals surface area (Å²) < 4.78 is 98.7. The molecule has 39 nitrogen and oxygen atoms in total. The number of carboxylic acid groups (broad SMARTS) is 1. The molecule has 0 amide bonds. The number of aromatic nitrogens is 18. The molecular weight excluding hydrogens is 1660 g/mol. The van der Waals surface area contributed by atoms with Gasteiger partial charge in [0.15, 0.2) is 0 Å². The fourth-order valence-corrected chi connectivity index (χ4v) is 18.5. The molecule has 16 rings (SSSR count). The van der Waals surface area contributed by atoms with E-state index in [1.54, 1.807) is 78.6 Å². The van der Waals surface area contributed by atoms with Gasteiger partial charge in [0.05, 0.1) is 60.8 Å². The van der Waals surface area contributed by atoms with Gasteiger partial charge in [-0.15, -0.1) is 40.8 Å². The maximum absolute atomic E-state index is 12.2. The SMILES string of the molecule is CC(=O)CN(C)Cc1ccc(-c2cccc(S(N)(=O)=O)c2-c2nn[nH]n2)cc1.CN1[C@@H]2CC[C@H]1CC(NCc1ccc(-c3cccc(S(N)(=O)=O)c3-c3nn[nH]n3)cc1)C2.Cn1cncc1C[C@@H](NCc1ccc(-c2cccc(S(N)(=O)=O)c2-c2nn[nH]n2)cc1)C(=O)O.NS(=O)(=O)c1cccc(-c2ccc(CN[C@H]3CCC[C@@H]3O)cc2)c1-c1nn[nH]n1. The van der Waals surface area contributed by atoms with Gasteiger partial charge in [-0.05, 0) is 178 Å². The first-order valence-corrected chi connectivity index (χ1v) is 44.9. The van der Waals surface area contributed by atoms with Crippen molar-refractivity contribution in [1.82, 2.24) is 118 Å². The number of piperidine rings is 1. The van der Waals surface area contributed by atoms with E-state index in [1.807, 2.05) is 97.9 Å². The van der Waals surface area contributed by atoms with Crippen molar-refractivity contribution in [2.75, 3.05) is 20.6 Å². The van der Waals surface area contributed by atoms with E-state index in [-0.39, 0.29) is 66.4 Å². The van der Waals surface area contributed by atoms with Gasteiger partial charge >= 0.3 is 5.97 Å². The van der Waals surface area contributed by atoms with Gasteiger partial charge in [0.1, 0.15) is 11.8 Å². The van der Waals surface area contributed by atoms with Gasteiger partial charge in [-0.2, -0.15) is 20.9 Å². The molecule has 6 atom stereocenters. The second-order valence-corrected chi connectivity index (χ2v) is 36.2. The average molecular weight is 1750 g/mol. The number of rotatable bonds is 28. The number of carbonyl (C=O) groups excluding carboxylic acids is 1. The number of carbonyl (C=O) groups is 2. The fourth-order valence-electron chi connectivity index (χ4n) is 15.5. The van der Waals surface area contributed by atoms with Crippen LogP contribution in [0.3, 0.4) is 0 Å². The number of imidazole rings is 1. The first-order valence-electron chi connectivity index (χ1n) is 38.7. The molecule has 0 spiro atoms. The summed E-state index contributed by atoms with van der Waals surface area (Å²) in [5, 5.41) is 106. The van der Waals surface area contributed by atoms with Crippen LogP contribution in [0.15, 0.2) is 202 Å². The Bertz CT molecular complexity index is 6270. The molecule has 8 aromatic carbocycles. The molecule has 7 heterocycles. The number of aromatic amines is 4. The van der Waals surface area contributed by atoms with Crippen LogP contribution in [-0.4, -0.2) is 214 Å². The minimum Gasteiger partial charge on any atom is -0.480 e. The van der Waals surface area contributed by atoms with Crippen LogP contribution < -0.4 is 36.5 Å². The molecule has 1 aliphatic carbocycles. The number of nitrogens with zero attached hydrogens (tertiary/aromatic N) is 16. The van der Waals surface area contributed by atoms with E-state index >= 15 is 0 Å². The fraction of sp³-hybridized carbons (Fsp3) is 0.287. The Morgan fingerprint density at radius 3 is 1.16 bits per heavy atom. The van der Waals surface area contributed by atoms with E-state index in [1.165, 1.54) is 55.5 Å². The summed E-state index contributed by atoms with van der Waals surface area (Å²) in [5.41, 5.74) is 11.8. The Kier molecular flexibility index (Phi) is 28.0. The lowest BCUT2D eigenvalue weighted by molar-refractivity contribution is -0.139. The molecule has 3 fully saturated rings. The van der Waals surface area contributed by atoms with Crippen LogP contribution in [0.2, 0.25) is 0 Å². The van der Waals surface area contributed by atoms with Crippen molar-refractivity contribution < 1.29 is 53.5 Å². The summed E-state index contributed by atoms with van der Waals surface area (Å²) in [6.45, 7) is 4.33. The monoisotopic (exact) mass is 1750 g/mol. The zero-order chi connectivity index (χ0) is 87.3. The Morgan fingerprint density at radius 2 is 0.854 bits per heavy atom. The molecule has 43 heteroatoms. The molecule has 13 aromatic rings. The normalized spacial score (nSPS) is 16.8. The van der Waals surface area contributed by atoms with Gasteiger partial charge in [0.25, 0.3) is 0 Å². The Morgan fingerprint density at radius 1 is 0.496 bits per heavy atom. The van der Waals surface area contributed by atoms with E-state index < -0.39 is 52.1 Å².